The molecule has 0 aliphatic carbocycles. The normalized spacial score (nSPS) is 13.8. The van der Waals surface area contributed by atoms with E-state index in [-0.39, 0.29) is 0 Å². The zero-order valence-corrected chi connectivity index (χ0v) is 11.0. The first-order chi connectivity index (χ1) is 8.46. The van der Waals surface area contributed by atoms with E-state index >= 15 is 0 Å². The number of esters is 2. The molecule has 0 aliphatic rings. The number of rotatable bonds is 5. The van der Waals surface area contributed by atoms with E-state index in [9.17, 15) is 22.8 Å². The number of alkyl halides is 3. The van der Waals surface area contributed by atoms with Gasteiger partial charge in [0, 0.05) is 0 Å². The molecule has 5 nitrogen and oxygen atoms in total. The molecular weight excluding hydrogens is 269 g/mol. The third kappa shape index (κ3) is 5.91. The third-order valence-electron chi connectivity index (χ3n) is 1.86. The molecule has 1 N–H and O–H groups in total. The lowest BCUT2D eigenvalue weighted by Gasteiger charge is -2.23. The Hall–Kier alpha value is -1.31. The second kappa shape index (κ2) is 6.74. The molecule has 0 aliphatic heterocycles. The minimum absolute atomic E-state index is 0.720. The number of ether oxygens (including phenoxy) is 2. The number of aliphatic hydroxyl groups excluding tert-OH is 1. The molecule has 0 saturated heterocycles. The number of hydrogen-bond donors (Lipinski definition) is 1. The molecule has 0 bridgehead atoms. The van der Waals surface area contributed by atoms with Crippen molar-refractivity contribution in [1.29, 1.82) is 0 Å². The summed E-state index contributed by atoms with van der Waals surface area (Å²) in [6.45, 7) is 5.62. The van der Waals surface area contributed by atoms with E-state index in [2.05, 4.69) is 9.47 Å². The average Bonchev–Trinajstić information content (AvgIpc) is 2.13. The molecule has 0 spiro atoms. The molecule has 0 saturated carbocycles. The first kappa shape index (κ1) is 17.7. The predicted molar refractivity (Wildman–Crippen MR) is 58.0 cm³/mol. The molecule has 8 heteroatoms. The molecule has 0 aromatic carbocycles. The molecule has 0 rings (SSSR count). The Kier molecular flexibility index (Phi) is 6.28. The summed E-state index contributed by atoms with van der Waals surface area (Å²) in [5.74, 6) is -5.37. The van der Waals surface area contributed by atoms with Crippen LogP contribution in [0.3, 0.4) is 0 Å². The van der Waals surface area contributed by atoms with Crippen molar-refractivity contribution in [2.24, 2.45) is 5.92 Å². The van der Waals surface area contributed by atoms with E-state index < -0.39 is 42.3 Å². The molecule has 1 unspecified atom stereocenters. The first-order valence-corrected chi connectivity index (χ1v) is 5.62. The maximum absolute atomic E-state index is 12.4. The number of carbonyl (C=O) groups is 2. The van der Waals surface area contributed by atoms with Gasteiger partial charge >= 0.3 is 18.1 Å². The van der Waals surface area contributed by atoms with Gasteiger partial charge in [0.1, 0.15) is 0 Å². The Morgan fingerprint density at radius 2 is 1.26 bits per heavy atom. The summed E-state index contributed by atoms with van der Waals surface area (Å²) >= 11 is 0. The van der Waals surface area contributed by atoms with E-state index in [0.717, 1.165) is 0 Å². The SMILES string of the molecule is CC(C)OC(=O)C(C(=O)OC(C)C)C(O)C(F)(F)F. The van der Waals surface area contributed by atoms with Crippen LogP contribution >= 0.6 is 0 Å². The van der Waals surface area contributed by atoms with Gasteiger partial charge in [0.05, 0.1) is 12.2 Å². The Labute approximate surface area is 108 Å². The van der Waals surface area contributed by atoms with E-state index in [0.29, 0.717) is 0 Å². The van der Waals surface area contributed by atoms with Gasteiger partial charge in [-0.25, -0.2) is 0 Å². The highest BCUT2D eigenvalue weighted by Gasteiger charge is 2.51. The van der Waals surface area contributed by atoms with Crippen molar-refractivity contribution in [3.05, 3.63) is 0 Å². The summed E-state index contributed by atoms with van der Waals surface area (Å²) in [4.78, 5) is 23.0. The van der Waals surface area contributed by atoms with Gasteiger partial charge in [0.15, 0.2) is 12.0 Å². The van der Waals surface area contributed by atoms with Gasteiger partial charge in [-0.2, -0.15) is 13.2 Å². The highest BCUT2D eigenvalue weighted by molar-refractivity contribution is 5.95. The largest absolute Gasteiger partial charge is 0.462 e. The number of hydrogen-bond acceptors (Lipinski definition) is 5. The fraction of sp³-hybridized carbons (Fsp3) is 0.818. The van der Waals surface area contributed by atoms with E-state index in [1.807, 2.05) is 0 Å². The summed E-state index contributed by atoms with van der Waals surface area (Å²) in [6.07, 6.45) is -9.73. The molecule has 0 radical (unpaired) electrons. The molecule has 0 amide bonds. The summed E-state index contributed by atoms with van der Waals surface area (Å²) in [5, 5.41) is 9.09. The molecular formula is C11H17F3O5. The second-order valence-corrected chi connectivity index (χ2v) is 4.44. The Balaban J connectivity index is 5.14. The van der Waals surface area contributed by atoms with Crippen molar-refractivity contribution in [3.63, 3.8) is 0 Å². The van der Waals surface area contributed by atoms with Gasteiger partial charge in [0.25, 0.3) is 0 Å². The number of carbonyl (C=O) groups excluding carboxylic acids is 2. The van der Waals surface area contributed by atoms with Gasteiger partial charge < -0.3 is 14.6 Å². The molecule has 19 heavy (non-hydrogen) atoms. The lowest BCUT2D eigenvalue weighted by Crippen LogP contribution is -2.46. The van der Waals surface area contributed by atoms with Crippen LogP contribution in [0.4, 0.5) is 13.2 Å². The molecule has 0 aromatic heterocycles. The van der Waals surface area contributed by atoms with Crippen LogP contribution in [0.15, 0.2) is 0 Å². The van der Waals surface area contributed by atoms with Crippen LogP contribution in [-0.4, -0.2) is 41.5 Å². The van der Waals surface area contributed by atoms with E-state index in [4.69, 9.17) is 5.11 Å². The van der Waals surface area contributed by atoms with Crippen LogP contribution in [0.25, 0.3) is 0 Å². The van der Waals surface area contributed by atoms with E-state index in [1.54, 1.807) is 0 Å². The average molecular weight is 286 g/mol. The van der Waals surface area contributed by atoms with Crippen molar-refractivity contribution < 1.29 is 37.3 Å². The third-order valence-corrected chi connectivity index (χ3v) is 1.86. The fourth-order valence-corrected chi connectivity index (χ4v) is 1.15. The summed E-state index contributed by atoms with van der Waals surface area (Å²) in [7, 11) is 0. The maximum atomic E-state index is 12.4. The molecule has 0 fully saturated rings. The van der Waals surface area contributed by atoms with Gasteiger partial charge in [0.2, 0.25) is 0 Å². The van der Waals surface area contributed by atoms with Crippen LogP contribution in [0.1, 0.15) is 27.7 Å². The Bertz CT molecular complexity index is 303. The zero-order valence-electron chi connectivity index (χ0n) is 11.0. The first-order valence-electron chi connectivity index (χ1n) is 5.62. The van der Waals surface area contributed by atoms with Crippen LogP contribution in [-0.2, 0) is 19.1 Å². The van der Waals surface area contributed by atoms with Gasteiger partial charge in [-0.15, -0.1) is 0 Å². The van der Waals surface area contributed by atoms with Crippen molar-refractivity contribution in [1.82, 2.24) is 0 Å². The lowest BCUT2D eigenvalue weighted by molar-refractivity contribution is -0.229. The standard InChI is InChI=1S/C11H17F3O5/c1-5(2)18-9(16)7(8(15)11(12,13)14)10(17)19-6(3)4/h5-8,15H,1-4H3. The Morgan fingerprint density at radius 3 is 1.47 bits per heavy atom. The summed E-state index contributed by atoms with van der Waals surface area (Å²) in [5.41, 5.74) is 0. The molecule has 0 heterocycles. The van der Waals surface area contributed by atoms with Crippen molar-refractivity contribution >= 4 is 11.9 Å². The lowest BCUT2D eigenvalue weighted by atomic mass is 10.0. The summed E-state index contributed by atoms with van der Waals surface area (Å²) in [6, 6.07) is 0. The highest BCUT2D eigenvalue weighted by atomic mass is 19.4. The van der Waals surface area contributed by atoms with Gasteiger partial charge in [-0.05, 0) is 27.7 Å². The monoisotopic (exact) mass is 286 g/mol. The van der Waals surface area contributed by atoms with Gasteiger partial charge in [-0.3, -0.25) is 9.59 Å². The number of halogens is 3. The van der Waals surface area contributed by atoms with Gasteiger partial charge in [-0.1, -0.05) is 0 Å². The minimum atomic E-state index is -5.13. The quantitative estimate of drug-likeness (QED) is 0.611. The van der Waals surface area contributed by atoms with Crippen LogP contribution in [0.2, 0.25) is 0 Å². The smallest absolute Gasteiger partial charge is 0.415 e. The van der Waals surface area contributed by atoms with Crippen molar-refractivity contribution in [3.8, 4) is 0 Å². The summed E-state index contributed by atoms with van der Waals surface area (Å²) < 4.78 is 46.4. The predicted octanol–water partition coefficient (Wildman–Crippen LogP) is 1.43. The van der Waals surface area contributed by atoms with Crippen molar-refractivity contribution in [2.45, 2.75) is 52.2 Å². The van der Waals surface area contributed by atoms with Crippen LogP contribution in [0.5, 0.6) is 0 Å². The van der Waals surface area contributed by atoms with Crippen LogP contribution in [0, 0.1) is 5.92 Å². The topological polar surface area (TPSA) is 72.8 Å². The highest BCUT2D eigenvalue weighted by Crippen LogP contribution is 2.27. The second-order valence-electron chi connectivity index (χ2n) is 4.44. The molecule has 112 valence electrons. The Morgan fingerprint density at radius 1 is 0.947 bits per heavy atom. The zero-order chi connectivity index (χ0) is 15.4. The fourth-order valence-electron chi connectivity index (χ4n) is 1.15. The molecule has 0 aromatic rings. The van der Waals surface area contributed by atoms with Crippen LogP contribution < -0.4 is 0 Å². The maximum Gasteiger partial charge on any atom is 0.415 e. The van der Waals surface area contributed by atoms with Crippen molar-refractivity contribution in [2.75, 3.05) is 0 Å². The van der Waals surface area contributed by atoms with E-state index in [1.165, 1.54) is 27.7 Å². The minimum Gasteiger partial charge on any atom is -0.462 e. The number of aliphatic hydroxyl groups is 1. The molecule has 1 atom stereocenters.